The number of anilines is 1. The molecule has 1 fully saturated rings. The highest BCUT2D eigenvalue weighted by molar-refractivity contribution is 5.93. The standard InChI is InChI=1S/C17H22N4O2/c1-14(22)21(16-6-4-3-5-15(16)13-18)8-7-17(23)20-11-9-19(2)10-12-20/h3-6H,7-12H2,1-2H3. The number of para-hydroxylation sites is 1. The third-order valence-corrected chi connectivity index (χ3v) is 4.10. The van der Waals surface area contributed by atoms with Gasteiger partial charge in [-0.1, -0.05) is 12.1 Å². The van der Waals surface area contributed by atoms with Crippen LogP contribution in [0.2, 0.25) is 0 Å². The quantitative estimate of drug-likeness (QED) is 0.834. The van der Waals surface area contributed by atoms with Gasteiger partial charge in [-0.3, -0.25) is 9.59 Å². The molecule has 1 aromatic rings. The summed E-state index contributed by atoms with van der Waals surface area (Å²) >= 11 is 0. The van der Waals surface area contributed by atoms with Crippen molar-refractivity contribution in [3.63, 3.8) is 0 Å². The van der Waals surface area contributed by atoms with Crippen molar-refractivity contribution in [3.05, 3.63) is 29.8 Å². The van der Waals surface area contributed by atoms with Crippen molar-refractivity contribution < 1.29 is 9.59 Å². The largest absolute Gasteiger partial charge is 0.340 e. The highest BCUT2D eigenvalue weighted by Crippen LogP contribution is 2.20. The van der Waals surface area contributed by atoms with Crippen LogP contribution in [0.4, 0.5) is 5.69 Å². The van der Waals surface area contributed by atoms with Crippen molar-refractivity contribution in [2.24, 2.45) is 0 Å². The third kappa shape index (κ3) is 4.30. The summed E-state index contributed by atoms with van der Waals surface area (Å²) in [6.07, 6.45) is 0.267. The second kappa shape index (κ2) is 7.75. The zero-order chi connectivity index (χ0) is 16.8. The van der Waals surface area contributed by atoms with Crippen LogP contribution >= 0.6 is 0 Å². The van der Waals surface area contributed by atoms with Gasteiger partial charge in [0.25, 0.3) is 0 Å². The molecule has 0 aliphatic carbocycles. The molecule has 0 aromatic heterocycles. The van der Waals surface area contributed by atoms with E-state index in [2.05, 4.69) is 11.0 Å². The van der Waals surface area contributed by atoms with Gasteiger partial charge in [-0.2, -0.15) is 5.26 Å². The van der Waals surface area contributed by atoms with Crippen molar-refractivity contribution in [1.82, 2.24) is 9.80 Å². The number of benzene rings is 1. The molecular weight excluding hydrogens is 292 g/mol. The van der Waals surface area contributed by atoms with E-state index >= 15 is 0 Å². The number of carbonyl (C=O) groups is 2. The van der Waals surface area contributed by atoms with Crippen LogP contribution in [0.1, 0.15) is 18.9 Å². The van der Waals surface area contributed by atoms with Gasteiger partial charge in [0.1, 0.15) is 6.07 Å². The van der Waals surface area contributed by atoms with Crippen molar-refractivity contribution in [2.45, 2.75) is 13.3 Å². The minimum absolute atomic E-state index is 0.0544. The zero-order valence-corrected chi connectivity index (χ0v) is 13.7. The topological polar surface area (TPSA) is 67.7 Å². The number of piperazine rings is 1. The van der Waals surface area contributed by atoms with E-state index < -0.39 is 0 Å². The zero-order valence-electron chi connectivity index (χ0n) is 13.7. The highest BCUT2D eigenvalue weighted by atomic mass is 16.2. The smallest absolute Gasteiger partial charge is 0.224 e. The van der Waals surface area contributed by atoms with E-state index in [1.54, 1.807) is 24.3 Å². The van der Waals surface area contributed by atoms with Crippen LogP contribution in [0.15, 0.2) is 24.3 Å². The van der Waals surface area contributed by atoms with Crippen LogP contribution in [-0.4, -0.2) is 61.4 Å². The maximum atomic E-state index is 12.3. The molecule has 6 heteroatoms. The maximum Gasteiger partial charge on any atom is 0.224 e. The lowest BCUT2D eigenvalue weighted by atomic mass is 10.1. The fourth-order valence-electron chi connectivity index (χ4n) is 2.67. The van der Waals surface area contributed by atoms with Crippen LogP contribution in [0.5, 0.6) is 0 Å². The lowest BCUT2D eigenvalue weighted by molar-refractivity contribution is -0.132. The Morgan fingerprint density at radius 3 is 2.48 bits per heavy atom. The summed E-state index contributed by atoms with van der Waals surface area (Å²) in [6.45, 7) is 4.95. The van der Waals surface area contributed by atoms with E-state index in [9.17, 15) is 14.9 Å². The van der Waals surface area contributed by atoms with Crippen LogP contribution in [0, 0.1) is 11.3 Å². The Morgan fingerprint density at radius 2 is 1.87 bits per heavy atom. The molecular formula is C17H22N4O2. The fraction of sp³-hybridized carbons (Fsp3) is 0.471. The first-order valence-corrected chi connectivity index (χ1v) is 7.76. The van der Waals surface area contributed by atoms with Gasteiger partial charge in [-0.05, 0) is 19.2 Å². The summed E-state index contributed by atoms with van der Waals surface area (Å²) in [4.78, 5) is 29.8. The van der Waals surface area contributed by atoms with E-state index in [0.29, 0.717) is 17.8 Å². The van der Waals surface area contributed by atoms with Crippen molar-refractivity contribution in [1.29, 1.82) is 5.26 Å². The molecule has 0 unspecified atom stereocenters. The van der Waals surface area contributed by atoms with E-state index in [0.717, 1.165) is 26.2 Å². The number of nitriles is 1. The Bertz CT molecular complexity index is 615. The number of nitrogens with zero attached hydrogens (tertiary/aromatic N) is 4. The second-order valence-electron chi connectivity index (χ2n) is 5.73. The van der Waals surface area contributed by atoms with E-state index in [-0.39, 0.29) is 18.2 Å². The number of carbonyl (C=O) groups excluding carboxylic acids is 2. The van der Waals surface area contributed by atoms with Gasteiger partial charge >= 0.3 is 0 Å². The van der Waals surface area contributed by atoms with Gasteiger partial charge in [-0.15, -0.1) is 0 Å². The Kier molecular flexibility index (Phi) is 5.72. The second-order valence-corrected chi connectivity index (χ2v) is 5.73. The lowest BCUT2D eigenvalue weighted by Crippen LogP contribution is -2.48. The summed E-state index contributed by atoms with van der Waals surface area (Å²) in [5.74, 6) is -0.113. The summed E-state index contributed by atoms with van der Waals surface area (Å²) in [7, 11) is 2.04. The number of hydrogen-bond donors (Lipinski definition) is 0. The van der Waals surface area contributed by atoms with E-state index in [1.807, 2.05) is 11.9 Å². The van der Waals surface area contributed by atoms with Crippen molar-refractivity contribution in [2.75, 3.05) is 44.7 Å². The Balaban J connectivity index is 2.02. The number of rotatable bonds is 4. The highest BCUT2D eigenvalue weighted by Gasteiger charge is 2.21. The van der Waals surface area contributed by atoms with Gasteiger partial charge < -0.3 is 14.7 Å². The Hall–Kier alpha value is -2.39. The molecule has 0 radical (unpaired) electrons. The minimum Gasteiger partial charge on any atom is -0.340 e. The van der Waals surface area contributed by atoms with Crippen LogP contribution in [0.25, 0.3) is 0 Å². The number of likely N-dealkylation sites (N-methyl/N-ethyl adjacent to an activating group) is 1. The van der Waals surface area contributed by atoms with Crippen LogP contribution in [-0.2, 0) is 9.59 Å². The SMILES string of the molecule is CC(=O)N(CCC(=O)N1CCN(C)CC1)c1ccccc1C#N. The predicted octanol–water partition coefficient (Wildman–Crippen LogP) is 1.08. The first-order chi connectivity index (χ1) is 11.0. The molecule has 0 spiro atoms. The summed E-state index contributed by atoms with van der Waals surface area (Å²) in [5, 5.41) is 9.19. The molecule has 1 aliphatic heterocycles. The minimum atomic E-state index is -0.168. The van der Waals surface area contributed by atoms with Crippen molar-refractivity contribution >= 4 is 17.5 Å². The first-order valence-electron chi connectivity index (χ1n) is 7.76. The van der Waals surface area contributed by atoms with E-state index in [1.165, 1.54) is 11.8 Å². The van der Waals surface area contributed by atoms with Crippen LogP contribution < -0.4 is 4.90 Å². The van der Waals surface area contributed by atoms with Crippen molar-refractivity contribution in [3.8, 4) is 6.07 Å². The average molecular weight is 314 g/mol. The van der Waals surface area contributed by atoms with Gasteiger partial charge in [0, 0.05) is 46.1 Å². The molecule has 1 aliphatic rings. The molecule has 1 heterocycles. The maximum absolute atomic E-state index is 12.3. The third-order valence-electron chi connectivity index (χ3n) is 4.10. The first kappa shape index (κ1) is 17.0. The molecule has 0 bridgehead atoms. The molecule has 0 saturated carbocycles. The molecule has 2 amide bonds. The Morgan fingerprint density at radius 1 is 1.22 bits per heavy atom. The molecule has 122 valence electrons. The van der Waals surface area contributed by atoms with E-state index in [4.69, 9.17) is 0 Å². The van der Waals surface area contributed by atoms with Gasteiger partial charge in [0.15, 0.2) is 0 Å². The van der Waals surface area contributed by atoms with Crippen LogP contribution in [0.3, 0.4) is 0 Å². The van der Waals surface area contributed by atoms with Gasteiger partial charge in [-0.25, -0.2) is 0 Å². The van der Waals surface area contributed by atoms with Gasteiger partial charge in [0.2, 0.25) is 11.8 Å². The summed E-state index contributed by atoms with van der Waals surface area (Å²) in [5.41, 5.74) is 1.00. The summed E-state index contributed by atoms with van der Waals surface area (Å²) < 4.78 is 0. The molecule has 6 nitrogen and oxygen atoms in total. The van der Waals surface area contributed by atoms with Gasteiger partial charge in [0.05, 0.1) is 11.3 Å². The normalized spacial score (nSPS) is 15.1. The Labute approximate surface area is 136 Å². The molecule has 23 heavy (non-hydrogen) atoms. The fourth-order valence-corrected chi connectivity index (χ4v) is 2.67. The number of amides is 2. The predicted molar refractivity (Wildman–Crippen MR) is 87.9 cm³/mol. The average Bonchev–Trinajstić information content (AvgIpc) is 2.55. The molecule has 0 atom stereocenters. The lowest BCUT2D eigenvalue weighted by Gasteiger charge is -2.33. The molecule has 2 rings (SSSR count). The summed E-state index contributed by atoms with van der Waals surface area (Å²) in [6, 6.07) is 9.05. The monoisotopic (exact) mass is 314 g/mol. The molecule has 1 aromatic carbocycles. The molecule has 0 N–H and O–H groups in total. The molecule has 1 saturated heterocycles. The number of hydrogen-bond acceptors (Lipinski definition) is 4.